The van der Waals surface area contributed by atoms with E-state index in [1.807, 2.05) is 13.2 Å². The highest BCUT2D eigenvalue weighted by molar-refractivity contribution is 5.82. The van der Waals surface area contributed by atoms with Gasteiger partial charge in [-0.2, -0.15) is 0 Å². The molecule has 0 saturated heterocycles. The molecule has 1 aromatic heterocycles. The summed E-state index contributed by atoms with van der Waals surface area (Å²) >= 11 is 0. The highest BCUT2D eigenvalue weighted by Crippen LogP contribution is 2.40. The highest BCUT2D eigenvalue weighted by Gasteiger charge is 2.24. The van der Waals surface area contributed by atoms with Crippen LogP contribution in [0.15, 0.2) is 54.7 Å². The van der Waals surface area contributed by atoms with Crippen LogP contribution in [0, 0.1) is 0 Å². The first-order chi connectivity index (χ1) is 14.1. The van der Waals surface area contributed by atoms with Gasteiger partial charge in [-0.3, -0.25) is 9.48 Å². The number of rotatable bonds is 9. The summed E-state index contributed by atoms with van der Waals surface area (Å²) in [6.07, 6.45) is 7.63. The van der Waals surface area contributed by atoms with Crippen molar-refractivity contribution in [3.05, 3.63) is 82.7 Å². The van der Waals surface area contributed by atoms with Gasteiger partial charge in [-0.25, -0.2) is 0 Å². The summed E-state index contributed by atoms with van der Waals surface area (Å²) in [6, 6.07) is 17.2. The fourth-order valence-corrected chi connectivity index (χ4v) is 3.98. The lowest BCUT2D eigenvalue weighted by atomic mass is 9.88. The number of nitrogens with zero attached hydrogens (tertiary/aromatic N) is 3. The van der Waals surface area contributed by atoms with Gasteiger partial charge in [-0.15, -0.1) is 5.10 Å². The molecule has 0 bridgehead atoms. The number of aromatic nitrogens is 3. The summed E-state index contributed by atoms with van der Waals surface area (Å²) in [5.41, 5.74) is 5.81. The Bertz CT molecular complexity index is 952. The molecule has 1 fully saturated rings. The van der Waals surface area contributed by atoms with E-state index >= 15 is 0 Å². The van der Waals surface area contributed by atoms with Gasteiger partial charge >= 0.3 is 0 Å². The Morgan fingerprint density at radius 1 is 1.07 bits per heavy atom. The lowest BCUT2D eigenvalue weighted by Gasteiger charge is -2.15. The molecule has 29 heavy (non-hydrogen) atoms. The van der Waals surface area contributed by atoms with Crippen molar-refractivity contribution in [1.29, 1.82) is 0 Å². The zero-order valence-electron chi connectivity index (χ0n) is 17.3. The van der Waals surface area contributed by atoms with Crippen LogP contribution in [0.3, 0.4) is 0 Å². The van der Waals surface area contributed by atoms with E-state index in [-0.39, 0.29) is 11.7 Å². The third-order valence-corrected chi connectivity index (χ3v) is 5.76. The topological polar surface area (TPSA) is 47.8 Å². The van der Waals surface area contributed by atoms with Crippen molar-refractivity contribution in [1.82, 2.24) is 15.0 Å². The molecule has 4 heteroatoms. The number of carbonyl (C=O) groups excluding carboxylic acids is 1. The average Bonchev–Trinajstić information content (AvgIpc) is 3.48. The fourth-order valence-electron chi connectivity index (χ4n) is 3.98. The average molecular weight is 388 g/mol. The molecule has 0 spiro atoms. The molecule has 4 rings (SSSR count). The van der Waals surface area contributed by atoms with E-state index in [0.717, 1.165) is 35.6 Å². The van der Waals surface area contributed by atoms with Crippen molar-refractivity contribution >= 4 is 5.78 Å². The minimum Gasteiger partial charge on any atom is -0.299 e. The van der Waals surface area contributed by atoms with Crippen LogP contribution in [-0.2, 0) is 24.7 Å². The predicted octanol–water partition coefficient (Wildman–Crippen LogP) is 4.98. The Morgan fingerprint density at radius 3 is 2.34 bits per heavy atom. The number of benzene rings is 2. The monoisotopic (exact) mass is 387 g/mol. The van der Waals surface area contributed by atoms with Gasteiger partial charge in [0.1, 0.15) is 5.78 Å². The zero-order chi connectivity index (χ0) is 20.2. The Hall–Kier alpha value is -2.75. The van der Waals surface area contributed by atoms with Gasteiger partial charge in [-0.1, -0.05) is 67.1 Å². The third-order valence-electron chi connectivity index (χ3n) is 5.76. The van der Waals surface area contributed by atoms with Gasteiger partial charge in [0.05, 0.1) is 5.69 Å². The number of ketones is 1. The second-order valence-corrected chi connectivity index (χ2v) is 8.30. The standard InChI is InChI=1S/C25H29N3O/c1-3-4-18-5-11-22(12-6-18)24(25-17-28(2)27-26-25)16-23(29)15-19-7-9-20(10-8-19)21-13-14-21/h5-12,17,21,24H,3-4,13-16H2,1-2H3/t24-/m0/s1. The number of hydrogen-bond donors (Lipinski definition) is 0. The Balaban J connectivity index is 1.49. The molecule has 1 aliphatic carbocycles. The molecule has 3 aromatic rings. The SMILES string of the molecule is CCCc1ccc([C@H](CC(=O)Cc2ccc(C3CC3)cc2)c2cn(C)nn2)cc1. The van der Waals surface area contributed by atoms with Gasteiger partial charge in [0, 0.05) is 32.0 Å². The maximum Gasteiger partial charge on any atom is 0.138 e. The zero-order valence-corrected chi connectivity index (χ0v) is 17.3. The number of Topliss-reactive ketones (excluding diaryl/α,β-unsaturated/α-hetero) is 1. The molecule has 0 unspecified atom stereocenters. The molecule has 1 aliphatic rings. The molecule has 1 saturated carbocycles. The molecular weight excluding hydrogens is 358 g/mol. The van der Waals surface area contributed by atoms with Crippen molar-refractivity contribution in [3.63, 3.8) is 0 Å². The molecule has 1 atom stereocenters. The first-order valence-electron chi connectivity index (χ1n) is 10.7. The first kappa shape index (κ1) is 19.6. The van der Waals surface area contributed by atoms with Crippen LogP contribution in [0.2, 0.25) is 0 Å². The summed E-state index contributed by atoms with van der Waals surface area (Å²) < 4.78 is 1.70. The maximum atomic E-state index is 12.9. The van der Waals surface area contributed by atoms with Gasteiger partial charge in [0.15, 0.2) is 0 Å². The van der Waals surface area contributed by atoms with E-state index in [2.05, 4.69) is 65.8 Å². The van der Waals surface area contributed by atoms with Crippen LogP contribution < -0.4 is 0 Å². The number of carbonyl (C=O) groups is 1. The fraction of sp³-hybridized carbons (Fsp3) is 0.400. The molecule has 0 amide bonds. The van der Waals surface area contributed by atoms with E-state index in [9.17, 15) is 4.79 Å². The lowest BCUT2D eigenvalue weighted by molar-refractivity contribution is -0.118. The van der Waals surface area contributed by atoms with E-state index in [1.165, 1.54) is 24.0 Å². The van der Waals surface area contributed by atoms with Crippen molar-refractivity contribution in [3.8, 4) is 0 Å². The Labute approximate surface area is 173 Å². The Kier molecular flexibility index (Phi) is 5.89. The lowest BCUT2D eigenvalue weighted by Crippen LogP contribution is -2.11. The normalized spacial score (nSPS) is 14.7. The van der Waals surface area contributed by atoms with Crippen LogP contribution >= 0.6 is 0 Å². The summed E-state index contributed by atoms with van der Waals surface area (Å²) in [5.74, 6) is 0.923. The van der Waals surface area contributed by atoms with Gasteiger partial charge in [-0.05, 0) is 47.4 Å². The Morgan fingerprint density at radius 2 is 1.76 bits per heavy atom. The number of aryl methyl sites for hydroxylation is 2. The summed E-state index contributed by atoms with van der Waals surface area (Å²) in [4.78, 5) is 12.9. The highest BCUT2D eigenvalue weighted by atomic mass is 16.1. The van der Waals surface area contributed by atoms with Crippen molar-refractivity contribution in [2.45, 2.75) is 57.3 Å². The van der Waals surface area contributed by atoms with Crippen LogP contribution in [0.4, 0.5) is 0 Å². The second kappa shape index (κ2) is 8.73. The molecular formula is C25H29N3O. The quantitative estimate of drug-likeness (QED) is 0.520. The van der Waals surface area contributed by atoms with Gasteiger partial charge < -0.3 is 0 Å². The largest absolute Gasteiger partial charge is 0.299 e. The third kappa shape index (κ3) is 5.00. The van der Waals surface area contributed by atoms with Crippen molar-refractivity contribution in [2.24, 2.45) is 7.05 Å². The smallest absolute Gasteiger partial charge is 0.138 e. The molecule has 150 valence electrons. The van der Waals surface area contributed by atoms with E-state index in [0.29, 0.717) is 12.8 Å². The minimum atomic E-state index is -0.0578. The molecule has 0 N–H and O–H groups in total. The maximum absolute atomic E-state index is 12.9. The van der Waals surface area contributed by atoms with Gasteiger partial charge in [0.2, 0.25) is 0 Å². The van der Waals surface area contributed by atoms with E-state index < -0.39 is 0 Å². The van der Waals surface area contributed by atoms with E-state index in [4.69, 9.17) is 0 Å². The summed E-state index contributed by atoms with van der Waals surface area (Å²) in [5, 5.41) is 8.40. The predicted molar refractivity (Wildman–Crippen MR) is 115 cm³/mol. The molecule has 2 aromatic carbocycles. The van der Waals surface area contributed by atoms with Crippen molar-refractivity contribution < 1.29 is 4.79 Å². The summed E-state index contributed by atoms with van der Waals surface area (Å²) in [6.45, 7) is 2.19. The van der Waals surface area contributed by atoms with E-state index in [1.54, 1.807) is 4.68 Å². The minimum absolute atomic E-state index is 0.0578. The number of hydrogen-bond acceptors (Lipinski definition) is 3. The van der Waals surface area contributed by atoms with Crippen molar-refractivity contribution in [2.75, 3.05) is 0 Å². The van der Waals surface area contributed by atoms with Crippen LogP contribution in [0.1, 0.15) is 72.4 Å². The van der Waals surface area contributed by atoms with Crippen LogP contribution in [-0.4, -0.2) is 20.8 Å². The van der Waals surface area contributed by atoms with Crippen LogP contribution in [0.25, 0.3) is 0 Å². The molecule has 4 nitrogen and oxygen atoms in total. The summed E-state index contributed by atoms with van der Waals surface area (Å²) in [7, 11) is 1.86. The molecule has 0 radical (unpaired) electrons. The van der Waals surface area contributed by atoms with Crippen LogP contribution in [0.5, 0.6) is 0 Å². The molecule has 1 heterocycles. The first-order valence-corrected chi connectivity index (χ1v) is 10.7. The second-order valence-electron chi connectivity index (χ2n) is 8.30. The van der Waals surface area contributed by atoms with Gasteiger partial charge in [0.25, 0.3) is 0 Å². The molecule has 0 aliphatic heterocycles.